The third-order valence-corrected chi connectivity index (χ3v) is 6.78. The second-order valence-electron chi connectivity index (χ2n) is 7.48. The maximum Gasteiger partial charge on any atom is 0.270 e. The van der Waals surface area contributed by atoms with E-state index in [0.717, 1.165) is 11.3 Å². The molecule has 1 aliphatic heterocycles. The number of carbonyl (C=O) groups excluding carboxylic acids is 2. The highest BCUT2D eigenvalue weighted by Crippen LogP contribution is 2.36. The number of halogens is 2. The summed E-state index contributed by atoms with van der Waals surface area (Å²) in [5.41, 5.74) is 1.85. The van der Waals surface area contributed by atoms with E-state index < -0.39 is 0 Å². The van der Waals surface area contributed by atoms with Crippen LogP contribution in [0.3, 0.4) is 0 Å². The molecule has 0 aromatic heterocycles. The smallest absolute Gasteiger partial charge is 0.270 e. The highest BCUT2D eigenvalue weighted by atomic mass is 35.5. The number of nitrogens with zero attached hydrogens (tertiary/aromatic N) is 1. The second kappa shape index (κ2) is 11.8. The minimum Gasteiger partial charge on any atom is -0.494 e. The number of nitrogens with one attached hydrogen (secondary N) is 1. The van der Waals surface area contributed by atoms with Gasteiger partial charge in [-0.15, -0.1) is 0 Å². The van der Waals surface area contributed by atoms with E-state index in [0.29, 0.717) is 43.0 Å². The summed E-state index contributed by atoms with van der Waals surface area (Å²) in [4.78, 5) is 27.3. The van der Waals surface area contributed by atoms with Gasteiger partial charge in [0.05, 0.1) is 27.9 Å². The summed E-state index contributed by atoms with van der Waals surface area (Å²) in [5.74, 6) is 0.618. The minimum absolute atomic E-state index is 0.209. The number of amides is 2. The first-order chi connectivity index (χ1) is 17.3. The number of carbonyl (C=O) groups is 2. The summed E-state index contributed by atoms with van der Waals surface area (Å²) in [6, 6.07) is 19.1. The number of ether oxygens (including phenoxy) is 2. The zero-order valence-corrected chi connectivity index (χ0v) is 22.1. The topological polar surface area (TPSA) is 67.9 Å². The van der Waals surface area contributed by atoms with Crippen LogP contribution in [0.1, 0.15) is 12.5 Å². The Morgan fingerprint density at radius 2 is 1.83 bits per heavy atom. The van der Waals surface area contributed by atoms with Crippen LogP contribution in [0.4, 0.5) is 11.4 Å². The number of anilines is 2. The Kier molecular flexibility index (Phi) is 8.53. The van der Waals surface area contributed by atoms with Gasteiger partial charge < -0.3 is 14.8 Å². The first kappa shape index (κ1) is 26.0. The van der Waals surface area contributed by atoms with E-state index in [-0.39, 0.29) is 18.4 Å². The Bertz CT molecular complexity index is 1350. The van der Waals surface area contributed by atoms with Crippen LogP contribution in [0.25, 0.3) is 6.08 Å². The van der Waals surface area contributed by atoms with Crippen LogP contribution in [-0.2, 0) is 9.59 Å². The largest absolute Gasteiger partial charge is 0.494 e. The molecule has 1 N–H and O–H groups in total. The van der Waals surface area contributed by atoms with Crippen molar-refractivity contribution in [1.82, 2.24) is 0 Å². The van der Waals surface area contributed by atoms with Crippen LogP contribution >= 0.6 is 47.2 Å². The quantitative estimate of drug-likeness (QED) is 0.242. The van der Waals surface area contributed by atoms with Crippen LogP contribution < -0.4 is 19.7 Å². The second-order valence-corrected chi connectivity index (χ2v) is 10.00. The first-order valence-electron chi connectivity index (χ1n) is 10.8. The van der Waals surface area contributed by atoms with Gasteiger partial charge in [0.2, 0.25) is 0 Å². The van der Waals surface area contributed by atoms with Crippen LogP contribution in [0.5, 0.6) is 11.5 Å². The van der Waals surface area contributed by atoms with Crippen molar-refractivity contribution in [3.8, 4) is 11.5 Å². The predicted octanol–water partition coefficient (Wildman–Crippen LogP) is 6.82. The van der Waals surface area contributed by atoms with Crippen molar-refractivity contribution in [2.24, 2.45) is 0 Å². The molecule has 0 bridgehead atoms. The molecule has 0 atom stereocenters. The van der Waals surface area contributed by atoms with Gasteiger partial charge >= 0.3 is 0 Å². The van der Waals surface area contributed by atoms with Crippen molar-refractivity contribution in [1.29, 1.82) is 0 Å². The number of hydrogen-bond acceptors (Lipinski definition) is 6. The van der Waals surface area contributed by atoms with Gasteiger partial charge in [-0.1, -0.05) is 59.3 Å². The standard InChI is InChI=1S/C26H20Cl2N2O4S2/c1-2-33-19-9-7-18(8-10-19)30-25(32)23(36-26(30)35)13-16-4-3-5-20(12-16)34-15-24(31)29-22-11-6-17(27)14-21(22)28/h3-14H,2,15H2,1H3,(H,29,31)/b23-13-. The van der Waals surface area contributed by atoms with Gasteiger partial charge in [-0.25, -0.2) is 0 Å². The van der Waals surface area contributed by atoms with Gasteiger partial charge in [0.25, 0.3) is 11.8 Å². The first-order valence-corrected chi connectivity index (χ1v) is 12.8. The molecule has 1 aliphatic rings. The van der Waals surface area contributed by atoms with E-state index in [1.165, 1.54) is 16.7 Å². The van der Waals surface area contributed by atoms with E-state index in [9.17, 15) is 9.59 Å². The molecule has 0 radical (unpaired) electrons. The molecule has 10 heteroatoms. The highest BCUT2D eigenvalue weighted by Gasteiger charge is 2.33. The fraction of sp³-hybridized carbons (Fsp3) is 0.115. The Morgan fingerprint density at radius 1 is 1.06 bits per heavy atom. The Labute approximate surface area is 228 Å². The van der Waals surface area contributed by atoms with Gasteiger partial charge in [0.1, 0.15) is 11.5 Å². The fourth-order valence-electron chi connectivity index (χ4n) is 3.32. The molecule has 36 heavy (non-hydrogen) atoms. The Balaban J connectivity index is 1.41. The van der Waals surface area contributed by atoms with E-state index in [4.69, 9.17) is 44.9 Å². The third-order valence-electron chi connectivity index (χ3n) is 4.93. The Morgan fingerprint density at radius 3 is 2.56 bits per heavy atom. The number of benzene rings is 3. The molecule has 1 heterocycles. The summed E-state index contributed by atoms with van der Waals surface area (Å²) in [6.07, 6.45) is 1.74. The molecule has 4 rings (SSSR count). The van der Waals surface area contributed by atoms with Crippen molar-refractivity contribution in [2.45, 2.75) is 6.92 Å². The minimum atomic E-state index is -0.374. The number of thiocarbonyl (C=S) groups is 1. The lowest BCUT2D eigenvalue weighted by molar-refractivity contribution is -0.118. The van der Waals surface area contributed by atoms with Crippen LogP contribution in [0, 0.1) is 0 Å². The van der Waals surface area contributed by atoms with Crippen LogP contribution in [-0.4, -0.2) is 29.3 Å². The maximum absolute atomic E-state index is 13.1. The molecule has 1 fully saturated rings. The fourth-order valence-corrected chi connectivity index (χ4v) is 5.07. The normalized spacial score (nSPS) is 14.3. The molecular formula is C26H20Cl2N2O4S2. The van der Waals surface area contributed by atoms with Crippen LogP contribution in [0.15, 0.2) is 71.6 Å². The van der Waals surface area contributed by atoms with E-state index >= 15 is 0 Å². The summed E-state index contributed by atoms with van der Waals surface area (Å²) in [7, 11) is 0. The lowest BCUT2D eigenvalue weighted by Gasteiger charge is -2.15. The molecular weight excluding hydrogens is 539 g/mol. The van der Waals surface area contributed by atoms with Crippen molar-refractivity contribution in [2.75, 3.05) is 23.4 Å². The van der Waals surface area contributed by atoms with E-state index in [2.05, 4.69) is 5.32 Å². The predicted molar refractivity (Wildman–Crippen MR) is 150 cm³/mol. The molecule has 3 aromatic rings. The number of hydrogen-bond donors (Lipinski definition) is 1. The van der Waals surface area contributed by atoms with Crippen molar-refractivity contribution in [3.63, 3.8) is 0 Å². The van der Waals surface area contributed by atoms with Gasteiger partial charge in [-0.3, -0.25) is 14.5 Å². The molecule has 2 amide bonds. The highest BCUT2D eigenvalue weighted by molar-refractivity contribution is 8.27. The third kappa shape index (κ3) is 6.39. The molecule has 0 aliphatic carbocycles. The monoisotopic (exact) mass is 558 g/mol. The maximum atomic E-state index is 13.1. The summed E-state index contributed by atoms with van der Waals surface area (Å²) >= 11 is 18.6. The average Bonchev–Trinajstić information content (AvgIpc) is 3.13. The van der Waals surface area contributed by atoms with Gasteiger partial charge in [0, 0.05) is 5.02 Å². The summed E-state index contributed by atoms with van der Waals surface area (Å²) in [5, 5.41) is 3.49. The zero-order valence-electron chi connectivity index (χ0n) is 19.0. The summed E-state index contributed by atoms with van der Waals surface area (Å²) in [6.45, 7) is 2.25. The van der Waals surface area contributed by atoms with E-state index in [1.54, 1.807) is 66.7 Å². The van der Waals surface area contributed by atoms with E-state index in [1.807, 2.05) is 13.0 Å². The number of rotatable bonds is 8. The summed E-state index contributed by atoms with van der Waals surface area (Å²) < 4.78 is 11.5. The molecule has 3 aromatic carbocycles. The number of thioether (sulfide) groups is 1. The van der Waals surface area contributed by atoms with Crippen LogP contribution in [0.2, 0.25) is 10.0 Å². The van der Waals surface area contributed by atoms with Gasteiger partial charge in [-0.05, 0) is 73.2 Å². The molecule has 6 nitrogen and oxygen atoms in total. The van der Waals surface area contributed by atoms with Crippen molar-refractivity contribution in [3.05, 3.63) is 87.2 Å². The average molecular weight is 559 g/mol. The van der Waals surface area contributed by atoms with Crippen molar-refractivity contribution < 1.29 is 19.1 Å². The molecule has 0 spiro atoms. The zero-order chi connectivity index (χ0) is 25.7. The molecule has 0 unspecified atom stereocenters. The van der Waals surface area contributed by atoms with Crippen molar-refractivity contribution >= 4 is 80.8 Å². The molecule has 1 saturated heterocycles. The molecule has 0 saturated carbocycles. The lowest BCUT2D eigenvalue weighted by atomic mass is 10.2. The lowest BCUT2D eigenvalue weighted by Crippen LogP contribution is -2.27. The van der Waals surface area contributed by atoms with Gasteiger partial charge in [0.15, 0.2) is 10.9 Å². The molecule has 184 valence electrons. The van der Waals surface area contributed by atoms with Gasteiger partial charge in [-0.2, -0.15) is 0 Å². The Hall–Kier alpha value is -3.04. The SMILES string of the molecule is CCOc1ccc(N2C(=O)/C(=C/c3cccc(OCC(=O)Nc4ccc(Cl)cc4Cl)c3)SC2=S)cc1.